The van der Waals surface area contributed by atoms with Crippen LogP contribution in [0.2, 0.25) is 0 Å². The monoisotopic (exact) mass is 326 g/mol. The van der Waals surface area contributed by atoms with E-state index in [9.17, 15) is 9.59 Å². The molecule has 2 N–H and O–H groups in total. The Morgan fingerprint density at radius 2 is 1.71 bits per heavy atom. The lowest BCUT2D eigenvalue weighted by molar-refractivity contribution is -0.118. The molecule has 2 aromatic carbocycles. The average molecular weight is 326 g/mol. The third-order valence-corrected chi connectivity index (χ3v) is 3.48. The average Bonchev–Trinajstić information content (AvgIpc) is 2.61. The van der Waals surface area contributed by atoms with Gasteiger partial charge in [-0.1, -0.05) is 31.2 Å². The maximum Gasteiger partial charge on any atom is 0.262 e. The van der Waals surface area contributed by atoms with Crippen LogP contribution < -0.4 is 15.4 Å². The SMILES string of the molecule is CCNC(=O)c1ccccc1NC(=O)COc1ccc(CC)cc1. The van der Waals surface area contributed by atoms with Crippen molar-refractivity contribution in [3.8, 4) is 5.75 Å². The van der Waals surface area contributed by atoms with E-state index in [4.69, 9.17) is 4.74 Å². The van der Waals surface area contributed by atoms with Crippen molar-refractivity contribution in [3.63, 3.8) is 0 Å². The Bertz CT molecular complexity index is 696. The molecule has 0 spiro atoms. The second-order valence-electron chi connectivity index (χ2n) is 5.24. The minimum absolute atomic E-state index is 0.116. The second-order valence-corrected chi connectivity index (χ2v) is 5.24. The quantitative estimate of drug-likeness (QED) is 0.822. The number of benzene rings is 2. The summed E-state index contributed by atoms with van der Waals surface area (Å²) in [6.45, 7) is 4.33. The summed E-state index contributed by atoms with van der Waals surface area (Å²) in [5.74, 6) is 0.107. The number of anilines is 1. The van der Waals surface area contributed by atoms with Crippen LogP contribution in [0.3, 0.4) is 0 Å². The Labute approximate surface area is 142 Å². The number of carbonyl (C=O) groups is 2. The van der Waals surface area contributed by atoms with Crippen LogP contribution in [0.25, 0.3) is 0 Å². The van der Waals surface area contributed by atoms with Crippen molar-refractivity contribution < 1.29 is 14.3 Å². The highest BCUT2D eigenvalue weighted by Crippen LogP contribution is 2.16. The van der Waals surface area contributed by atoms with Gasteiger partial charge in [0.05, 0.1) is 11.3 Å². The fourth-order valence-electron chi connectivity index (χ4n) is 2.20. The van der Waals surface area contributed by atoms with E-state index in [2.05, 4.69) is 17.6 Å². The molecule has 0 aromatic heterocycles. The lowest BCUT2D eigenvalue weighted by Crippen LogP contribution is -2.26. The van der Waals surface area contributed by atoms with Gasteiger partial charge in [0.15, 0.2) is 6.61 Å². The summed E-state index contributed by atoms with van der Waals surface area (Å²) in [6, 6.07) is 14.5. The summed E-state index contributed by atoms with van der Waals surface area (Å²) >= 11 is 0. The molecule has 126 valence electrons. The van der Waals surface area contributed by atoms with Crippen molar-refractivity contribution in [2.75, 3.05) is 18.5 Å². The van der Waals surface area contributed by atoms with Gasteiger partial charge < -0.3 is 15.4 Å². The molecule has 0 aliphatic rings. The summed E-state index contributed by atoms with van der Waals surface area (Å²) in [5.41, 5.74) is 2.11. The Morgan fingerprint density at radius 3 is 2.38 bits per heavy atom. The lowest BCUT2D eigenvalue weighted by Gasteiger charge is -2.11. The third-order valence-electron chi connectivity index (χ3n) is 3.48. The summed E-state index contributed by atoms with van der Waals surface area (Å²) in [4.78, 5) is 24.1. The van der Waals surface area contributed by atoms with E-state index in [0.29, 0.717) is 23.5 Å². The molecular weight excluding hydrogens is 304 g/mol. The van der Waals surface area contributed by atoms with E-state index < -0.39 is 0 Å². The van der Waals surface area contributed by atoms with Gasteiger partial charge in [-0.05, 0) is 43.2 Å². The molecule has 0 saturated heterocycles. The summed E-state index contributed by atoms with van der Waals surface area (Å²) in [6.07, 6.45) is 0.956. The predicted octanol–water partition coefficient (Wildman–Crippen LogP) is 3.02. The van der Waals surface area contributed by atoms with Gasteiger partial charge in [0.25, 0.3) is 11.8 Å². The van der Waals surface area contributed by atoms with Crippen molar-refractivity contribution in [1.29, 1.82) is 0 Å². The first-order valence-electron chi connectivity index (χ1n) is 8.02. The first kappa shape index (κ1) is 17.5. The van der Waals surface area contributed by atoms with Gasteiger partial charge in [0.2, 0.25) is 0 Å². The highest BCUT2D eigenvalue weighted by molar-refractivity contribution is 6.03. The van der Waals surface area contributed by atoms with Crippen LogP contribution in [0.5, 0.6) is 5.75 Å². The predicted molar refractivity (Wildman–Crippen MR) is 94.4 cm³/mol. The van der Waals surface area contributed by atoms with Gasteiger partial charge in [0.1, 0.15) is 5.75 Å². The number of carbonyl (C=O) groups excluding carboxylic acids is 2. The third kappa shape index (κ3) is 4.84. The fraction of sp³-hybridized carbons (Fsp3) is 0.263. The Morgan fingerprint density at radius 1 is 1.00 bits per heavy atom. The van der Waals surface area contributed by atoms with E-state index in [0.717, 1.165) is 6.42 Å². The van der Waals surface area contributed by atoms with Crippen LogP contribution in [-0.4, -0.2) is 25.0 Å². The number of amides is 2. The van der Waals surface area contributed by atoms with E-state index in [-0.39, 0.29) is 18.4 Å². The summed E-state index contributed by atoms with van der Waals surface area (Å²) in [5, 5.41) is 5.44. The number of aryl methyl sites for hydroxylation is 1. The minimum atomic E-state index is -0.314. The van der Waals surface area contributed by atoms with E-state index in [1.807, 2.05) is 31.2 Å². The van der Waals surface area contributed by atoms with Crippen LogP contribution in [0, 0.1) is 0 Å². The molecule has 0 heterocycles. The largest absolute Gasteiger partial charge is 0.484 e. The number of ether oxygens (including phenoxy) is 1. The maximum atomic E-state index is 12.1. The molecular formula is C19H22N2O3. The molecule has 24 heavy (non-hydrogen) atoms. The van der Waals surface area contributed by atoms with Crippen molar-refractivity contribution in [3.05, 3.63) is 59.7 Å². The maximum absolute atomic E-state index is 12.1. The zero-order chi connectivity index (χ0) is 17.4. The van der Waals surface area contributed by atoms with Gasteiger partial charge >= 0.3 is 0 Å². The molecule has 0 aliphatic heterocycles. The van der Waals surface area contributed by atoms with Gasteiger partial charge in [-0.25, -0.2) is 0 Å². The van der Waals surface area contributed by atoms with Crippen molar-refractivity contribution in [2.45, 2.75) is 20.3 Å². The molecule has 0 atom stereocenters. The molecule has 0 aliphatic carbocycles. The van der Waals surface area contributed by atoms with Crippen LogP contribution in [-0.2, 0) is 11.2 Å². The number of hydrogen-bond acceptors (Lipinski definition) is 3. The van der Waals surface area contributed by atoms with Crippen LogP contribution in [0.15, 0.2) is 48.5 Å². The highest BCUT2D eigenvalue weighted by atomic mass is 16.5. The molecule has 5 heteroatoms. The molecule has 0 saturated carbocycles. The fourth-order valence-corrected chi connectivity index (χ4v) is 2.20. The summed E-state index contributed by atoms with van der Waals surface area (Å²) < 4.78 is 5.47. The molecule has 0 radical (unpaired) electrons. The standard InChI is InChI=1S/C19H22N2O3/c1-3-14-9-11-15(12-10-14)24-13-18(22)21-17-8-6-5-7-16(17)19(23)20-4-2/h5-12H,3-4,13H2,1-2H3,(H,20,23)(H,21,22). The summed E-state index contributed by atoms with van der Waals surface area (Å²) in [7, 11) is 0. The Balaban J connectivity index is 1.95. The number of rotatable bonds is 7. The van der Waals surface area contributed by atoms with Gasteiger partial charge in [-0.3, -0.25) is 9.59 Å². The smallest absolute Gasteiger partial charge is 0.262 e. The Hall–Kier alpha value is -2.82. The van der Waals surface area contributed by atoms with Crippen molar-refractivity contribution in [2.24, 2.45) is 0 Å². The normalized spacial score (nSPS) is 10.1. The molecule has 0 bridgehead atoms. The van der Waals surface area contributed by atoms with E-state index in [1.165, 1.54) is 5.56 Å². The van der Waals surface area contributed by atoms with Crippen molar-refractivity contribution in [1.82, 2.24) is 5.32 Å². The Kier molecular flexibility index (Phi) is 6.37. The number of hydrogen-bond donors (Lipinski definition) is 2. The van der Waals surface area contributed by atoms with E-state index >= 15 is 0 Å². The van der Waals surface area contributed by atoms with Crippen LogP contribution in [0.4, 0.5) is 5.69 Å². The zero-order valence-corrected chi connectivity index (χ0v) is 14.0. The molecule has 2 amide bonds. The van der Waals surface area contributed by atoms with Crippen LogP contribution in [0.1, 0.15) is 29.8 Å². The molecule has 0 fully saturated rings. The lowest BCUT2D eigenvalue weighted by atomic mass is 10.1. The van der Waals surface area contributed by atoms with Gasteiger partial charge in [0, 0.05) is 6.54 Å². The topological polar surface area (TPSA) is 67.4 Å². The number of para-hydroxylation sites is 1. The first-order valence-corrected chi connectivity index (χ1v) is 8.02. The molecule has 2 rings (SSSR count). The second kappa shape index (κ2) is 8.72. The first-order chi connectivity index (χ1) is 11.6. The molecule has 0 unspecified atom stereocenters. The molecule has 5 nitrogen and oxygen atoms in total. The zero-order valence-electron chi connectivity index (χ0n) is 14.0. The number of nitrogens with one attached hydrogen (secondary N) is 2. The van der Waals surface area contributed by atoms with E-state index in [1.54, 1.807) is 24.3 Å². The van der Waals surface area contributed by atoms with Crippen LogP contribution >= 0.6 is 0 Å². The minimum Gasteiger partial charge on any atom is -0.484 e. The van der Waals surface area contributed by atoms with Crippen molar-refractivity contribution >= 4 is 17.5 Å². The van der Waals surface area contributed by atoms with Gasteiger partial charge in [-0.2, -0.15) is 0 Å². The molecule has 2 aromatic rings. The van der Waals surface area contributed by atoms with Gasteiger partial charge in [-0.15, -0.1) is 0 Å². The highest BCUT2D eigenvalue weighted by Gasteiger charge is 2.12.